The van der Waals surface area contributed by atoms with Gasteiger partial charge in [0.2, 0.25) is 0 Å². The summed E-state index contributed by atoms with van der Waals surface area (Å²) < 4.78 is 29.9. The number of carbonyl (C=O) groups excluding carboxylic acids is 1. The minimum Gasteiger partial charge on any atom is -0.465 e. The highest BCUT2D eigenvalue weighted by molar-refractivity contribution is 6.17. The second-order valence-electron chi connectivity index (χ2n) is 2.88. The maximum absolute atomic E-state index is 12.8. The van der Waals surface area contributed by atoms with E-state index in [2.05, 4.69) is 9.72 Å². The Bertz CT molecular complexity index is 413. The Hall–Kier alpha value is -1.43. The van der Waals surface area contributed by atoms with Crippen molar-refractivity contribution in [3.63, 3.8) is 0 Å². The van der Waals surface area contributed by atoms with Gasteiger partial charge in [0.05, 0.1) is 29.8 Å². The van der Waals surface area contributed by atoms with Crippen LogP contribution in [0.1, 0.15) is 28.0 Å². The molecular weight excluding hydrogens is 242 g/mol. The van der Waals surface area contributed by atoms with Crippen LogP contribution in [0.15, 0.2) is 6.07 Å². The second kappa shape index (κ2) is 5.07. The number of methoxy groups -OCH3 is 1. The molecule has 1 rings (SSSR count). The summed E-state index contributed by atoms with van der Waals surface area (Å²) in [5.41, 5.74) is 4.42. The smallest absolute Gasteiger partial charge is 0.338 e. The summed E-state index contributed by atoms with van der Waals surface area (Å²) in [7, 11) is 1.09. The largest absolute Gasteiger partial charge is 0.465 e. The van der Waals surface area contributed by atoms with Gasteiger partial charge < -0.3 is 10.5 Å². The van der Waals surface area contributed by atoms with Crippen molar-refractivity contribution in [3.05, 3.63) is 22.9 Å². The van der Waals surface area contributed by atoms with Crippen molar-refractivity contribution >= 4 is 23.4 Å². The minimum absolute atomic E-state index is 0.0551. The number of anilines is 1. The molecule has 0 aliphatic carbocycles. The lowest BCUT2D eigenvalue weighted by molar-refractivity contribution is 0.0588. The lowest BCUT2D eigenvalue weighted by atomic mass is 10.1. The zero-order valence-corrected chi connectivity index (χ0v) is 9.09. The lowest BCUT2D eigenvalue weighted by Crippen LogP contribution is -2.11. The molecule has 0 aliphatic rings. The van der Waals surface area contributed by atoms with Gasteiger partial charge in [-0.1, -0.05) is 0 Å². The van der Waals surface area contributed by atoms with Crippen LogP contribution in [0.2, 0.25) is 0 Å². The molecule has 0 fully saturated rings. The number of nitrogens with two attached hydrogens (primary N) is 1. The van der Waals surface area contributed by atoms with Gasteiger partial charge in [-0.3, -0.25) is 0 Å². The van der Waals surface area contributed by atoms with Crippen molar-refractivity contribution in [2.45, 2.75) is 12.3 Å². The molecule has 0 aliphatic heterocycles. The summed E-state index contributed by atoms with van der Waals surface area (Å²) in [6, 6.07) is 1.05. The van der Waals surface area contributed by atoms with Gasteiger partial charge in [-0.05, 0) is 6.07 Å². The number of hydrogen-bond acceptors (Lipinski definition) is 4. The number of nitrogens with zero attached hydrogens (tertiary/aromatic N) is 1. The van der Waals surface area contributed by atoms with E-state index in [9.17, 15) is 13.6 Å². The van der Waals surface area contributed by atoms with Crippen LogP contribution >= 0.6 is 11.6 Å². The monoisotopic (exact) mass is 250 g/mol. The van der Waals surface area contributed by atoms with Gasteiger partial charge >= 0.3 is 5.97 Å². The molecule has 0 spiro atoms. The Balaban J connectivity index is 3.44. The molecule has 2 N–H and O–H groups in total. The maximum Gasteiger partial charge on any atom is 0.338 e. The van der Waals surface area contributed by atoms with Crippen molar-refractivity contribution in [2.75, 3.05) is 12.8 Å². The van der Waals surface area contributed by atoms with E-state index in [1.54, 1.807) is 0 Å². The van der Waals surface area contributed by atoms with Crippen molar-refractivity contribution in [1.82, 2.24) is 4.98 Å². The van der Waals surface area contributed by atoms with Crippen LogP contribution in [0, 0.1) is 0 Å². The van der Waals surface area contributed by atoms with Crippen LogP contribution in [0.3, 0.4) is 0 Å². The quantitative estimate of drug-likeness (QED) is 0.659. The third-order valence-corrected chi connectivity index (χ3v) is 2.16. The molecule has 0 amide bonds. The lowest BCUT2D eigenvalue weighted by Gasteiger charge is -2.11. The molecule has 1 aromatic heterocycles. The summed E-state index contributed by atoms with van der Waals surface area (Å²) in [5, 5.41) is 0. The molecule has 7 heteroatoms. The van der Waals surface area contributed by atoms with Crippen molar-refractivity contribution in [2.24, 2.45) is 0 Å². The molecule has 0 atom stereocenters. The van der Waals surface area contributed by atoms with Gasteiger partial charge in [0.1, 0.15) is 5.82 Å². The molecule has 0 saturated carbocycles. The fraction of sp³-hybridized carbons (Fsp3) is 0.333. The third kappa shape index (κ3) is 2.38. The van der Waals surface area contributed by atoms with Crippen LogP contribution < -0.4 is 5.73 Å². The molecule has 0 aromatic carbocycles. The molecule has 0 unspecified atom stereocenters. The summed E-state index contributed by atoms with van der Waals surface area (Å²) in [6.07, 6.45) is -2.86. The summed E-state index contributed by atoms with van der Waals surface area (Å²) in [4.78, 5) is 14.9. The number of carbonyl (C=O) groups is 1. The topological polar surface area (TPSA) is 65.2 Å². The Kier molecular flexibility index (Phi) is 4.00. The van der Waals surface area contributed by atoms with Crippen LogP contribution in [0.25, 0.3) is 0 Å². The van der Waals surface area contributed by atoms with Gasteiger partial charge in [-0.25, -0.2) is 18.6 Å². The molecule has 16 heavy (non-hydrogen) atoms. The van der Waals surface area contributed by atoms with Crippen LogP contribution in [0.4, 0.5) is 14.6 Å². The zero-order valence-electron chi connectivity index (χ0n) is 8.34. The molecule has 0 saturated heterocycles. The number of hydrogen-bond donors (Lipinski definition) is 1. The molecule has 1 heterocycles. The second-order valence-corrected chi connectivity index (χ2v) is 3.15. The normalized spacial score (nSPS) is 10.6. The molecule has 88 valence electrons. The standard InChI is InChI=1S/C9H9ClF2N2O2/c1-16-9(15)4-2-6(13)14-5(3-10)7(4)8(11)12/h2,8H,3H2,1H3,(H2,13,14). The Morgan fingerprint density at radius 2 is 2.31 bits per heavy atom. The van der Waals surface area contributed by atoms with E-state index in [0.717, 1.165) is 13.2 Å². The fourth-order valence-corrected chi connectivity index (χ4v) is 1.46. The molecule has 0 bridgehead atoms. The summed E-state index contributed by atoms with van der Waals surface area (Å²) in [5.74, 6) is -1.20. The number of esters is 1. The first kappa shape index (κ1) is 12.6. The van der Waals surface area contributed by atoms with Gasteiger partial charge in [-0.15, -0.1) is 11.6 Å². The maximum atomic E-state index is 12.8. The van der Waals surface area contributed by atoms with Crippen LogP contribution in [-0.4, -0.2) is 18.1 Å². The third-order valence-electron chi connectivity index (χ3n) is 1.91. The van der Waals surface area contributed by atoms with E-state index in [0.29, 0.717) is 0 Å². The highest BCUT2D eigenvalue weighted by atomic mass is 35.5. The number of nitrogen functional groups attached to an aromatic ring is 1. The van der Waals surface area contributed by atoms with E-state index in [1.165, 1.54) is 0 Å². The van der Waals surface area contributed by atoms with Crippen LogP contribution in [0.5, 0.6) is 0 Å². The zero-order chi connectivity index (χ0) is 12.3. The van der Waals surface area contributed by atoms with Crippen LogP contribution in [-0.2, 0) is 10.6 Å². The van der Waals surface area contributed by atoms with Gasteiger partial charge in [0.25, 0.3) is 6.43 Å². The predicted octanol–water partition coefficient (Wildman–Crippen LogP) is 2.13. The van der Waals surface area contributed by atoms with Crippen molar-refractivity contribution < 1.29 is 18.3 Å². The molecular formula is C9H9ClF2N2O2. The number of pyridine rings is 1. The first-order valence-electron chi connectivity index (χ1n) is 4.23. The number of halogens is 3. The average Bonchev–Trinajstić information content (AvgIpc) is 2.26. The molecule has 1 aromatic rings. The first-order valence-corrected chi connectivity index (χ1v) is 4.76. The highest BCUT2D eigenvalue weighted by Gasteiger charge is 2.24. The van der Waals surface area contributed by atoms with E-state index < -0.39 is 18.0 Å². The van der Waals surface area contributed by atoms with Gasteiger partial charge in [-0.2, -0.15) is 0 Å². The number of rotatable bonds is 3. The van der Waals surface area contributed by atoms with Crippen molar-refractivity contribution in [3.8, 4) is 0 Å². The minimum atomic E-state index is -2.86. The SMILES string of the molecule is COC(=O)c1cc(N)nc(CCl)c1C(F)F. The van der Waals surface area contributed by atoms with Gasteiger partial charge in [0, 0.05) is 0 Å². The number of alkyl halides is 3. The Morgan fingerprint density at radius 3 is 2.75 bits per heavy atom. The fourth-order valence-electron chi connectivity index (χ4n) is 1.25. The Morgan fingerprint density at radius 1 is 1.69 bits per heavy atom. The van der Waals surface area contributed by atoms with E-state index in [-0.39, 0.29) is 23.0 Å². The average molecular weight is 251 g/mol. The summed E-state index contributed by atoms with van der Waals surface area (Å²) in [6.45, 7) is 0. The van der Waals surface area contributed by atoms with Gasteiger partial charge in [0.15, 0.2) is 0 Å². The van der Waals surface area contributed by atoms with E-state index >= 15 is 0 Å². The predicted molar refractivity (Wildman–Crippen MR) is 54.5 cm³/mol. The number of ether oxygens (including phenoxy) is 1. The highest BCUT2D eigenvalue weighted by Crippen LogP contribution is 2.28. The molecule has 0 radical (unpaired) electrons. The van der Waals surface area contributed by atoms with E-state index in [4.69, 9.17) is 17.3 Å². The molecule has 4 nitrogen and oxygen atoms in total. The Labute approximate surface area is 95.4 Å². The number of aromatic nitrogens is 1. The van der Waals surface area contributed by atoms with E-state index in [1.807, 2.05) is 0 Å². The first-order chi connectivity index (χ1) is 7.51. The summed E-state index contributed by atoms with van der Waals surface area (Å²) >= 11 is 5.46. The van der Waals surface area contributed by atoms with Crippen molar-refractivity contribution in [1.29, 1.82) is 0 Å².